The predicted octanol–water partition coefficient (Wildman–Crippen LogP) is 3.57. The van der Waals surface area contributed by atoms with Crippen LogP contribution in [0, 0.1) is 11.7 Å². The highest BCUT2D eigenvalue weighted by molar-refractivity contribution is 6.31. The number of hydrogen-bond acceptors (Lipinski definition) is 5. The van der Waals surface area contributed by atoms with Gasteiger partial charge in [-0.25, -0.2) is 22.6 Å². The number of amides is 2. The zero-order chi connectivity index (χ0) is 24.7. The molecule has 1 N–H and O–H groups in total. The van der Waals surface area contributed by atoms with E-state index in [2.05, 4.69) is 10.3 Å². The zero-order valence-electron chi connectivity index (χ0n) is 18.5. The average molecular weight is 502 g/mol. The van der Waals surface area contributed by atoms with Gasteiger partial charge < -0.3 is 14.7 Å². The van der Waals surface area contributed by atoms with E-state index in [9.17, 15) is 23.5 Å². The highest BCUT2D eigenvalue weighted by Gasteiger charge is 2.39. The van der Waals surface area contributed by atoms with Gasteiger partial charge in [0.2, 0.25) is 5.91 Å². The lowest BCUT2D eigenvalue weighted by atomic mass is 9.91. The zero-order valence-corrected chi connectivity index (χ0v) is 19.2. The van der Waals surface area contributed by atoms with Gasteiger partial charge in [0.15, 0.2) is 11.6 Å². The predicted molar refractivity (Wildman–Crippen MR) is 113 cm³/mol. The normalized spacial score (nSPS) is 20.3. The smallest absolute Gasteiger partial charge is 0.407 e. The lowest BCUT2D eigenvalue weighted by Gasteiger charge is -2.38. The van der Waals surface area contributed by atoms with Crippen molar-refractivity contribution in [2.24, 2.45) is 13.0 Å². The van der Waals surface area contributed by atoms with Gasteiger partial charge >= 0.3 is 6.09 Å². The quantitative estimate of drug-likeness (QED) is 0.649. The second-order valence-corrected chi connectivity index (χ2v) is 8.95. The number of alkyl halides is 2. The summed E-state index contributed by atoms with van der Waals surface area (Å²) in [6.07, 6.45) is -3.58. The van der Waals surface area contributed by atoms with Gasteiger partial charge in [0.05, 0.1) is 6.04 Å². The summed E-state index contributed by atoms with van der Waals surface area (Å²) in [5.41, 5.74) is 0.0391. The molecule has 0 saturated carbocycles. The molecule has 2 aromatic rings. The summed E-state index contributed by atoms with van der Waals surface area (Å²) in [4.78, 5) is 27.1. The van der Waals surface area contributed by atoms with Crippen LogP contribution in [0.5, 0.6) is 5.75 Å². The summed E-state index contributed by atoms with van der Waals surface area (Å²) in [7, 11) is 1.30. The van der Waals surface area contributed by atoms with Crippen molar-refractivity contribution in [3.8, 4) is 5.75 Å². The van der Waals surface area contributed by atoms with Crippen LogP contribution in [0.1, 0.15) is 48.3 Å². The Balaban J connectivity index is 1.74. The number of likely N-dealkylation sites (tertiary alicyclic amines) is 1. The first kappa shape index (κ1) is 24.1. The topological polar surface area (TPSA) is 101 Å². The van der Waals surface area contributed by atoms with E-state index in [0.29, 0.717) is 18.5 Å². The fourth-order valence-electron chi connectivity index (χ4n) is 4.65. The molecule has 0 unspecified atom stereocenters. The maximum absolute atomic E-state index is 15.1. The molecule has 1 aromatic carbocycles. The molecule has 2 amide bonds. The minimum atomic E-state index is -2.87. The van der Waals surface area contributed by atoms with E-state index in [1.807, 2.05) is 6.92 Å². The number of aromatic nitrogens is 3. The third kappa shape index (κ3) is 4.38. The number of carbonyl (C=O) groups is 2. The number of benzene rings is 1. The third-order valence-electron chi connectivity index (χ3n) is 6.19. The van der Waals surface area contributed by atoms with Crippen molar-refractivity contribution in [3.05, 3.63) is 39.4 Å². The van der Waals surface area contributed by atoms with Gasteiger partial charge in [-0.3, -0.25) is 9.69 Å². The maximum Gasteiger partial charge on any atom is 0.407 e. The van der Waals surface area contributed by atoms with Gasteiger partial charge in [-0.1, -0.05) is 23.7 Å². The maximum atomic E-state index is 15.1. The van der Waals surface area contributed by atoms with Gasteiger partial charge in [-0.2, -0.15) is 0 Å². The Bertz CT molecular complexity index is 1130. The van der Waals surface area contributed by atoms with Crippen LogP contribution in [0.15, 0.2) is 6.07 Å². The number of fused-ring (bicyclic) bond motifs is 1. The number of halogens is 4. The van der Waals surface area contributed by atoms with Gasteiger partial charge in [0.1, 0.15) is 18.0 Å². The SMILES string of the molecule is C[C@@H]1CC(=O)N(C[C@@H]2c3c(c(Cl)cc(F)c3OCc3nnn(C)c3C(F)F)CCN2C(=O)O)C1. The summed E-state index contributed by atoms with van der Waals surface area (Å²) < 4.78 is 48.5. The van der Waals surface area contributed by atoms with Gasteiger partial charge in [-0.05, 0) is 24.0 Å². The largest absolute Gasteiger partial charge is 0.484 e. The standard InChI is InChI=1S/C21H23ClF3N5O4/c1-10-5-16(31)29(7-10)8-15-17-11(3-4-30(15)21(32)33)12(22)6-13(23)19(17)34-9-14-18(20(24)25)28(2)27-26-14/h6,10,15,20H,3-5,7-9H2,1-2H3,(H,32,33)/t10-,15-/m1/s1. The lowest BCUT2D eigenvalue weighted by molar-refractivity contribution is -0.128. The summed E-state index contributed by atoms with van der Waals surface area (Å²) in [6.45, 7) is 1.92. The Morgan fingerprint density at radius 2 is 2.15 bits per heavy atom. The minimum absolute atomic E-state index is 0.00789. The Kier molecular flexibility index (Phi) is 6.61. The van der Waals surface area contributed by atoms with Crippen molar-refractivity contribution in [2.75, 3.05) is 19.6 Å². The minimum Gasteiger partial charge on any atom is -0.484 e. The molecule has 9 nitrogen and oxygen atoms in total. The Hall–Kier alpha value is -3.02. The van der Waals surface area contributed by atoms with E-state index < -0.39 is 36.7 Å². The first-order valence-corrected chi connectivity index (χ1v) is 11.0. The molecular weight excluding hydrogens is 479 g/mol. The van der Waals surface area contributed by atoms with Crippen LogP contribution in [0.3, 0.4) is 0 Å². The van der Waals surface area contributed by atoms with Crippen LogP contribution < -0.4 is 4.74 Å². The molecule has 4 rings (SSSR count). The summed E-state index contributed by atoms with van der Waals surface area (Å²) >= 11 is 6.30. The van der Waals surface area contributed by atoms with Crippen LogP contribution in [0.4, 0.5) is 18.0 Å². The number of carboxylic acid groups (broad SMARTS) is 1. The molecule has 0 bridgehead atoms. The fourth-order valence-corrected chi connectivity index (χ4v) is 4.94. The van der Waals surface area contributed by atoms with Crippen molar-refractivity contribution in [1.29, 1.82) is 0 Å². The molecule has 3 heterocycles. The average Bonchev–Trinajstić information content (AvgIpc) is 3.28. The third-order valence-corrected chi connectivity index (χ3v) is 6.53. The van der Waals surface area contributed by atoms with Gasteiger partial charge in [0, 0.05) is 43.7 Å². The molecule has 2 aliphatic heterocycles. The molecule has 2 aliphatic rings. The van der Waals surface area contributed by atoms with Gasteiger partial charge in [0.25, 0.3) is 6.43 Å². The Labute approximate surface area is 198 Å². The fraction of sp³-hybridized carbons (Fsp3) is 0.524. The summed E-state index contributed by atoms with van der Waals surface area (Å²) in [6, 6.07) is 0.104. The molecule has 184 valence electrons. The van der Waals surface area contributed by atoms with Crippen molar-refractivity contribution >= 4 is 23.6 Å². The van der Waals surface area contributed by atoms with Gasteiger partial charge in [-0.15, -0.1) is 5.10 Å². The van der Waals surface area contributed by atoms with Crippen molar-refractivity contribution in [1.82, 2.24) is 24.8 Å². The molecule has 1 aromatic heterocycles. The summed E-state index contributed by atoms with van der Waals surface area (Å²) in [5, 5.41) is 17.2. The highest BCUT2D eigenvalue weighted by Crippen LogP contribution is 2.43. The van der Waals surface area contributed by atoms with Crippen LogP contribution in [-0.2, 0) is 24.9 Å². The molecule has 1 fully saturated rings. The van der Waals surface area contributed by atoms with Crippen LogP contribution in [-0.4, -0.2) is 61.5 Å². The van der Waals surface area contributed by atoms with Crippen molar-refractivity contribution < 1.29 is 32.6 Å². The molecule has 2 atom stereocenters. The first-order chi connectivity index (χ1) is 16.1. The number of carbonyl (C=O) groups excluding carboxylic acids is 1. The number of aryl methyl sites for hydroxylation is 1. The van der Waals surface area contributed by atoms with E-state index in [-0.39, 0.29) is 53.4 Å². The highest BCUT2D eigenvalue weighted by atomic mass is 35.5. The van der Waals surface area contributed by atoms with E-state index in [1.165, 1.54) is 7.05 Å². The molecular formula is C21H23ClF3N5O4. The molecule has 34 heavy (non-hydrogen) atoms. The monoisotopic (exact) mass is 501 g/mol. The number of nitrogens with zero attached hydrogens (tertiary/aromatic N) is 5. The summed E-state index contributed by atoms with van der Waals surface area (Å²) in [5.74, 6) is -1.20. The van der Waals surface area contributed by atoms with Crippen LogP contribution in [0.2, 0.25) is 5.02 Å². The second-order valence-electron chi connectivity index (χ2n) is 8.55. The lowest BCUT2D eigenvalue weighted by Crippen LogP contribution is -2.45. The molecule has 0 radical (unpaired) electrons. The van der Waals surface area contributed by atoms with E-state index in [4.69, 9.17) is 16.3 Å². The van der Waals surface area contributed by atoms with Crippen molar-refractivity contribution in [2.45, 2.75) is 38.8 Å². The molecule has 0 aliphatic carbocycles. The molecule has 0 spiro atoms. The first-order valence-electron chi connectivity index (χ1n) is 10.7. The van der Waals surface area contributed by atoms with Crippen LogP contribution in [0.25, 0.3) is 0 Å². The Morgan fingerprint density at radius 3 is 2.76 bits per heavy atom. The number of ether oxygens (including phenoxy) is 1. The van der Waals surface area contributed by atoms with Crippen molar-refractivity contribution in [3.63, 3.8) is 0 Å². The molecule has 13 heteroatoms. The van der Waals surface area contributed by atoms with E-state index in [1.54, 1.807) is 4.90 Å². The van der Waals surface area contributed by atoms with E-state index >= 15 is 4.39 Å². The second kappa shape index (κ2) is 9.32. The van der Waals surface area contributed by atoms with E-state index in [0.717, 1.165) is 15.6 Å². The molecule has 1 saturated heterocycles. The number of hydrogen-bond donors (Lipinski definition) is 1. The number of rotatable bonds is 6. The Morgan fingerprint density at radius 1 is 1.41 bits per heavy atom. The van der Waals surface area contributed by atoms with Crippen LogP contribution >= 0.6 is 11.6 Å².